The van der Waals surface area contributed by atoms with Crippen molar-refractivity contribution in [1.82, 2.24) is 9.71 Å². The molecule has 0 aliphatic carbocycles. The number of hydrogen-bond acceptors (Lipinski definition) is 3. The molecule has 84 valence electrons. The number of fused-ring (bicyclic) bond motifs is 1. The lowest BCUT2D eigenvalue weighted by atomic mass is 10.3. The van der Waals surface area contributed by atoms with Gasteiger partial charge in [-0.15, -0.1) is 0 Å². The summed E-state index contributed by atoms with van der Waals surface area (Å²) in [6, 6.07) is 8.65. The normalized spacial score (nSPS) is 11.6. The fourth-order valence-electron chi connectivity index (χ4n) is 1.44. The van der Waals surface area contributed by atoms with E-state index in [1.165, 1.54) is 6.07 Å². The third-order valence-corrected chi connectivity index (χ3v) is 3.43. The van der Waals surface area contributed by atoms with Gasteiger partial charge in [-0.05, 0) is 12.1 Å². The molecule has 0 aliphatic rings. The van der Waals surface area contributed by atoms with Crippen LogP contribution in [-0.2, 0) is 14.8 Å². The first-order valence-electron chi connectivity index (χ1n) is 4.60. The maximum atomic E-state index is 11.6. The topological polar surface area (TPSA) is 79.0 Å². The van der Waals surface area contributed by atoms with Gasteiger partial charge in [0.1, 0.15) is 0 Å². The highest BCUT2D eigenvalue weighted by molar-refractivity contribution is 7.90. The molecule has 0 radical (unpaired) electrons. The van der Waals surface area contributed by atoms with E-state index in [0.717, 1.165) is 12.3 Å². The fraction of sp³-hybridized carbons (Fsp3) is 0.100. The Bertz CT molecular complexity index is 610. The van der Waals surface area contributed by atoms with Crippen molar-refractivity contribution >= 4 is 26.8 Å². The molecule has 6 heteroatoms. The average Bonchev–Trinajstić information content (AvgIpc) is 2.59. The molecule has 2 N–H and O–H groups in total. The van der Waals surface area contributed by atoms with E-state index in [4.69, 9.17) is 0 Å². The number of sulfonamides is 1. The van der Waals surface area contributed by atoms with E-state index >= 15 is 0 Å². The van der Waals surface area contributed by atoms with Gasteiger partial charge in [0.25, 0.3) is 10.0 Å². The number of hydrogen-bond donors (Lipinski definition) is 2. The van der Waals surface area contributed by atoms with Crippen molar-refractivity contribution in [2.45, 2.75) is 11.9 Å². The summed E-state index contributed by atoms with van der Waals surface area (Å²) in [5.41, 5.74) is 0.714. The van der Waals surface area contributed by atoms with E-state index in [0.29, 0.717) is 5.52 Å². The summed E-state index contributed by atoms with van der Waals surface area (Å²) in [4.78, 5) is 13.5. The molecule has 0 spiro atoms. The molecule has 0 saturated heterocycles. The molecular weight excluding hydrogens is 228 g/mol. The van der Waals surface area contributed by atoms with Crippen LogP contribution in [0.5, 0.6) is 0 Å². The van der Waals surface area contributed by atoms with Crippen molar-refractivity contribution in [3.63, 3.8) is 0 Å². The Balaban J connectivity index is 2.52. The number of carbonyl (C=O) groups excluding carboxylic acids is 1. The van der Waals surface area contributed by atoms with E-state index in [1.807, 2.05) is 10.8 Å². The third kappa shape index (κ3) is 1.92. The number of benzene rings is 1. The van der Waals surface area contributed by atoms with E-state index in [2.05, 4.69) is 4.98 Å². The van der Waals surface area contributed by atoms with E-state index in [-0.39, 0.29) is 5.03 Å². The Kier molecular flexibility index (Phi) is 2.43. The van der Waals surface area contributed by atoms with Crippen LogP contribution in [0.1, 0.15) is 6.92 Å². The highest BCUT2D eigenvalue weighted by Crippen LogP contribution is 2.17. The molecule has 0 aliphatic heterocycles. The minimum Gasteiger partial charge on any atom is -0.344 e. The molecule has 1 amide bonds. The smallest absolute Gasteiger partial charge is 0.279 e. The van der Waals surface area contributed by atoms with Crippen LogP contribution in [-0.4, -0.2) is 19.3 Å². The molecule has 1 heterocycles. The molecular formula is C10H10N2O3S. The Morgan fingerprint density at radius 1 is 1.31 bits per heavy atom. The lowest BCUT2D eigenvalue weighted by Gasteiger charge is -2.00. The number of rotatable bonds is 2. The number of aromatic nitrogens is 1. The van der Waals surface area contributed by atoms with Crippen LogP contribution in [0.3, 0.4) is 0 Å². The van der Waals surface area contributed by atoms with Gasteiger partial charge in [-0.2, -0.15) is 8.42 Å². The second kappa shape index (κ2) is 3.64. The molecule has 0 fully saturated rings. The first-order valence-corrected chi connectivity index (χ1v) is 6.08. The Labute approximate surface area is 92.5 Å². The summed E-state index contributed by atoms with van der Waals surface area (Å²) in [6.07, 6.45) is 0. The minimum atomic E-state index is -3.78. The quantitative estimate of drug-likeness (QED) is 0.819. The van der Waals surface area contributed by atoms with E-state index in [9.17, 15) is 13.2 Å². The minimum absolute atomic E-state index is 0.0103. The highest BCUT2D eigenvalue weighted by Gasteiger charge is 2.17. The van der Waals surface area contributed by atoms with Gasteiger partial charge in [-0.25, -0.2) is 4.72 Å². The van der Waals surface area contributed by atoms with Crippen LogP contribution >= 0.6 is 0 Å². The number of carbonyl (C=O) groups is 1. The maximum absolute atomic E-state index is 11.6. The van der Waals surface area contributed by atoms with Crippen molar-refractivity contribution < 1.29 is 13.2 Å². The van der Waals surface area contributed by atoms with Crippen molar-refractivity contribution in [2.75, 3.05) is 0 Å². The summed E-state index contributed by atoms with van der Waals surface area (Å²) in [5, 5.41) is 0.773. The predicted octanol–water partition coefficient (Wildman–Crippen LogP) is 0.993. The van der Waals surface area contributed by atoms with Gasteiger partial charge < -0.3 is 4.98 Å². The number of H-pyrrole nitrogens is 1. The average molecular weight is 238 g/mol. The van der Waals surface area contributed by atoms with Gasteiger partial charge in [0.05, 0.1) is 0 Å². The standard InChI is InChI=1S/C10H10N2O3S/c1-7(13)12-16(14,15)10-6-8-4-2-3-5-9(8)11-10/h2-6,11H,1H3,(H,12,13). The second-order valence-corrected chi connectivity index (χ2v) is 5.03. The van der Waals surface area contributed by atoms with Gasteiger partial charge in [0.2, 0.25) is 5.91 Å². The Morgan fingerprint density at radius 2 is 2.00 bits per heavy atom. The van der Waals surface area contributed by atoms with Gasteiger partial charge in [-0.1, -0.05) is 18.2 Å². The molecule has 2 rings (SSSR count). The largest absolute Gasteiger partial charge is 0.344 e. The summed E-state index contributed by atoms with van der Waals surface area (Å²) >= 11 is 0. The molecule has 0 saturated carbocycles. The molecule has 1 aromatic carbocycles. The van der Waals surface area contributed by atoms with Crippen molar-refractivity contribution in [1.29, 1.82) is 0 Å². The van der Waals surface area contributed by atoms with Crippen LogP contribution < -0.4 is 4.72 Å². The zero-order valence-electron chi connectivity index (χ0n) is 8.52. The maximum Gasteiger partial charge on any atom is 0.279 e. The third-order valence-electron chi connectivity index (χ3n) is 2.07. The Hall–Kier alpha value is -1.82. The van der Waals surface area contributed by atoms with Crippen LogP contribution in [0.15, 0.2) is 35.4 Å². The zero-order chi connectivity index (χ0) is 11.8. The Morgan fingerprint density at radius 3 is 2.62 bits per heavy atom. The molecule has 0 bridgehead atoms. The number of aromatic amines is 1. The first kappa shape index (κ1) is 10.7. The van der Waals surface area contributed by atoms with Gasteiger partial charge >= 0.3 is 0 Å². The molecule has 0 atom stereocenters. The van der Waals surface area contributed by atoms with Crippen molar-refractivity contribution in [2.24, 2.45) is 0 Å². The first-order chi connectivity index (χ1) is 7.49. The van der Waals surface area contributed by atoms with Gasteiger partial charge in [0, 0.05) is 17.8 Å². The molecule has 5 nitrogen and oxygen atoms in total. The lowest BCUT2D eigenvalue weighted by Crippen LogP contribution is -2.28. The fourth-order valence-corrected chi connectivity index (χ4v) is 2.45. The predicted molar refractivity (Wildman–Crippen MR) is 59.3 cm³/mol. The second-order valence-electron chi connectivity index (χ2n) is 3.38. The van der Waals surface area contributed by atoms with Crippen molar-refractivity contribution in [3.8, 4) is 0 Å². The summed E-state index contributed by atoms with van der Waals surface area (Å²) in [5.74, 6) is -0.612. The summed E-state index contributed by atoms with van der Waals surface area (Å²) in [7, 11) is -3.78. The molecule has 2 aromatic rings. The molecule has 1 aromatic heterocycles. The van der Waals surface area contributed by atoms with Crippen molar-refractivity contribution in [3.05, 3.63) is 30.3 Å². The monoisotopic (exact) mass is 238 g/mol. The van der Waals surface area contributed by atoms with Gasteiger partial charge in [-0.3, -0.25) is 4.79 Å². The van der Waals surface area contributed by atoms with Gasteiger partial charge in [0.15, 0.2) is 5.03 Å². The van der Waals surface area contributed by atoms with Crippen LogP contribution in [0.4, 0.5) is 0 Å². The van der Waals surface area contributed by atoms with Crippen LogP contribution in [0.25, 0.3) is 10.9 Å². The lowest BCUT2D eigenvalue weighted by molar-refractivity contribution is -0.117. The summed E-state index contributed by atoms with van der Waals surface area (Å²) in [6.45, 7) is 1.15. The molecule has 0 unspecified atom stereocenters. The van der Waals surface area contributed by atoms with Crippen LogP contribution in [0.2, 0.25) is 0 Å². The number of para-hydroxylation sites is 1. The zero-order valence-corrected chi connectivity index (χ0v) is 9.34. The SMILES string of the molecule is CC(=O)NS(=O)(=O)c1cc2ccccc2[nH]1. The number of amides is 1. The highest BCUT2D eigenvalue weighted by atomic mass is 32.2. The number of nitrogens with one attached hydrogen (secondary N) is 2. The van der Waals surface area contributed by atoms with E-state index < -0.39 is 15.9 Å². The summed E-state index contributed by atoms with van der Waals surface area (Å²) < 4.78 is 25.2. The van der Waals surface area contributed by atoms with Crippen LogP contribution in [0, 0.1) is 0 Å². The van der Waals surface area contributed by atoms with E-state index in [1.54, 1.807) is 18.2 Å². The molecule has 16 heavy (non-hydrogen) atoms.